The Kier molecular flexibility index (Phi) is 1.11. The van der Waals surface area contributed by atoms with E-state index in [-0.39, 0.29) is 14.7 Å². The molecule has 6 heteroatoms. The van der Waals surface area contributed by atoms with Crippen LogP contribution in [0.25, 0.3) is 20.8 Å². The summed E-state index contributed by atoms with van der Waals surface area (Å²) in [5.41, 5.74) is 2.72. The van der Waals surface area contributed by atoms with Gasteiger partial charge in [0.2, 0.25) is 0 Å². The van der Waals surface area contributed by atoms with Crippen LogP contribution in [0.1, 0.15) is 0 Å². The third kappa shape index (κ3) is 0.680. The zero-order valence-electron chi connectivity index (χ0n) is 5.85. The van der Waals surface area contributed by atoms with Crippen molar-refractivity contribution < 1.29 is 0 Å². The number of benzene rings is 1. The summed E-state index contributed by atoms with van der Waals surface area (Å²) in [5, 5.41) is 15.6. The Morgan fingerprint density at radius 2 is 2.08 bits per heavy atom. The van der Waals surface area contributed by atoms with Crippen LogP contribution in [-0.2, 0) is 0 Å². The predicted molar refractivity (Wildman–Crippen MR) is 43.9 cm³/mol. The van der Waals surface area contributed by atoms with Crippen molar-refractivity contribution in [1.29, 1.82) is 0 Å². The number of nitrogens with one attached hydrogen (secondary N) is 1. The summed E-state index contributed by atoms with van der Waals surface area (Å²) in [6.45, 7) is 0. The van der Waals surface area contributed by atoms with Gasteiger partial charge in [0.25, 0.3) is 0 Å². The summed E-state index contributed by atoms with van der Waals surface area (Å²) < 4.78 is 4.12. The van der Waals surface area contributed by atoms with Crippen molar-refractivity contribution >= 4 is 35.5 Å². The van der Waals surface area contributed by atoms with E-state index in [0.717, 1.165) is 20.8 Å². The molecule has 0 saturated heterocycles. The summed E-state index contributed by atoms with van der Waals surface area (Å²) in [6.07, 6.45) is 0. The first-order valence-electron chi connectivity index (χ1n) is 3.36. The van der Waals surface area contributed by atoms with Gasteiger partial charge in [0.1, 0.15) is 0 Å². The van der Waals surface area contributed by atoms with E-state index in [2.05, 4.69) is 24.6 Å². The van der Waals surface area contributed by atoms with Crippen LogP contribution in [0.15, 0.2) is 12.1 Å². The van der Waals surface area contributed by atoms with Gasteiger partial charge in [-0.15, -0.1) is 0 Å². The van der Waals surface area contributed by atoms with Gasteiger partial charge < -0.3 is 0 Å². The van der Waals surface area contributed by atoms with Gasteiger partial charge in [0.15, 0.2) is 0 Å². The molecule has 0 atom stereocenters. The minimum atomic E-state index is 0.194. The number of nitrogens with zero attached hydrogens (tertiary/aromatic N) is 4. The number of aromatic nitrogens is 5. The predicted octanol–water partition coefficient (Wildman–Crippen LogP) is -0.0419. The second-order valence-electron chi connectivity index (χ2n) is 2.38. The number of aromatic amines is 1. The molecule has 58 valence electrons. The molecule has 0 bridgehead atoms. The maximum atomic E-state index is 4.11. The van der Waals surface area contributed by atoms with Crippen molar-refractivity contribution in [3.8, 4) is 0 Å². The molecular formula is C6H3N5Se. The van der Waals surface area contributed by atoms with E-state index in [9.17, 15) is 0 Å². The second kappa shape index (κ2) is 2.12. The first-order valence-corrected chi connectivity index (χ1v) is 5.08. The molecule has 0 fully saturated rings. The number of hydrogen-bond donors (Lipinski definition) is 1. The van der Waals surface area contributed by atoms with Crippen LogP contribution < -0.4 is 0 Å². The molecule has 2 heterocycles. The number of fused-ring (bicyclic) bond motifs is 3. The summed E-state index contributed by atoms with van der Waals surface area (Å²) in [7, 11) is 0. The molecule has 3 rings (SSSR count). The summed E-state index contributed by atoms with van der Waals surface area (Å²) in [5.74, 6) is 0. The van der Waals surface area contributed by atoms with Gasteiger partial charge in [-0.3, -0.25) is 0 Å². The molecule has 0 spiro atoms. The number of hydrogen-bond acceptors (Lipinski definition) is 4. The third-order valence-electron chi connectivity index (χ3n) is 1.70. The van der Waals surface area contributed by atoms with Crippen LogP contribution in [0.3, 0.4) is 0 Å². The number of H-pyrrole nitrogens is 1. The van der Waals surface area contributed by atoms with E-state index in [1.165, 1.54) is 0 Å². The quantitative estimate of drug-likeness (QED) is 0.544. The van der Waals surface area contributed by atoms with Gasteiger partial charge in [-0.25, -0.2) is 0 Å². The van der Waals surface area contributed by atoms with E-state index in [1.807, 2.05) is 12.1 Å². The van der Waals surface area contributed by atoms with Gasteiger partial charge in [-0.1, -0.05) is 0 Å². The fourth-order valence-corrected chi connectivity index (χ4v) is 2.61. The molecule has 0 amide bonds. The first kappa shape index (κ1) is 6.28. The van der Waals surface area contributed by atoms with Crippen molar-refractivity contribution in [2.75, 3.05) is 0 Å². The molecule has 5 nitrogen and oxygen atoms in total. The zero-order valence-corrected chi connectivity index (χ0v) is 7.56. The van der Waals surface area contributed by atoms with E-state index >= 15 is 0 Å². The molecule has 12 heavy (non-hydrogen) atoms. The Hall–Kier alpha value is -1.26. The van der Waals surface area contributed by atoms with Crippen molar-refractivity contribution in [2.45, 2.75) is 0 Å². The molecule has 1 aromatic carbocycles. The van der Waals surface area contributed by atoms with Crippen molar-refractivity contribution in [1.82, 2.24) is 24.6 Å². The second-order valence-corrected chi connectivity index (χ2v) is 4.04. The van der Waals surface area contributed by atoms with Gasteiger partial charge in [-0.2, -0.15) is 0 Å². The molecule has 2 aromatic heterocycles. The van der Waals surface area contributed by atoms with E-state index in [4.69, 9.17) is 0 Å². The Balaban J connectivity index is 2.71. The summed E-state index contributed by atoms with van der Waals surface area (Å²) in [6, 6.07) is 3.83. The van der Waals surface area contributed by atoms with E-state index in [1.54, 1.807) is 0 Å². The monoisotopic (exact) mass is 225 g/mol. The van der Waals surface area contributed by atoms with Gasteiger partial charge in [0.05, 0.1) is 0 Å². The fourth-order valence-electron chi connectivity index (χ4n) is 1.15. The van der Waals surface area contributed by atoms with Crippen LogP contribution in [0.5, 0.6) is 0 Å². The molecule has 0 aliphatic heterocycles. The molecule has 0 saturated carbocycles. The normalized spacial score (nSPS) is 11.3. The average Bonchev–Trinajstić information content (AvgIpc) is 2.71. The van der Waals surface area contributed by atoms with E-state index in [0.29, 0.717) is 0 Å². The van der Waals surface area contributed by atoms with Crippen molar-refractivity contribution in [3.05, 3.63) is 12.1 Å². The van der Waals surface area contributed by atoms with Crippen LogP contribution in [0, 0.1) is 0 Å². The standard InChI is InChI=1S/C6H3N5Se/c1-2-4-6(12-11-8-4)5-3(1)7-10-9-5/h1-2,11H. The van der Waals surface area contributed by atoms with Crippen molar-refractivity contribution in [2.24, 2.45) is 0 Å². The van der Waals surface area contributed by atoms with E-state index < -0.39 is 0 Å². The first-order chi connectivity index (χ1) is 5.95. The molecule has 0 radical (unpaired) electrons. The molecule has 0 unspecified atom stereocenters. The number of rotatable bonds is 0. The molecule has 1 N–H and O–H groups in total. The third-order valence-corrected chi connectivity index (χ3v) is 3.36. The maximum absolute atomic E-state index is 4.11. The molecule has 3 aromatic rings. The van der Waals surface area contributed by atoms with Gasteiger partial charge in [-0.05, 0) is 0 Å². The van der Waals surface area contributed by atoms with Crippen molar-refractivity contribution in [3.63, 3.8) is 0 Å². The SMILES string of the molecule is c1cc2n[nH][se]c2c2nnnc12. The van der Waals surface area contributed by atoms with Gasteiger partial charge >= 0.3 is 72.3 Å². The average molecular weight is 224 g/mol. The van der Waals surface area contributed by atoms with Crippen LogP contribution in [-0.4, -0.2) is 39.3 Å². The summed E-state index contributed by atoms with van der Waals surface area (Å²) >= 11 is 0.194. The fraction of sp³-hybridized carbons (Fsp3) is 0. The van der Waals surface area contributed by atoms with Crippen LogP contribution in [0.2, 0.25) is 0 Å². The molecule has 0 aliphatic rings. The van der Waals surface area contributed by atoms with Gasteiger partial charge in [0, 0.05) is 0 Å². The Bertz CT molecular complexity index is 489. The Labute approximate surface area is 72.8 Å². The summed E-state index contributed by atoms with van der Waals surface area (Å²) in [4.78, 5) is 0. The topological polar surface area (TPSA) is 67.3 Å². The van der Waals surface area contributed by atoms with Crippen LogP contribution >= 0.6 is 0 Å². The minimum absolute atomic E-state index is 0.194. The Morgan fingerprint density at radius 3 is 3.08 bits per heavy atom. The molecule has 0 aliphatic carbocycles. The zero-order chi connectivity index (χ0) is 7.97. The molecular weight excluding hydrogens is 221 g/mol. The van der Waals surface area contributed by atoms with Crippen LogP contribution in [0.4, 0.5) is 0 Å². The Morgan fingerprint density at radius 1 is 1.17 bits per heavy atom.